The molecule has 8 aliphatic rings. The third-order valence-electron chi connectivity index (χ3n) is 13.8. The molecule has 10 nitrogen and oxygen atoms in total. The van der Waals surface area contributed by atoms with E-state index in [9.17, 15) is 37.1 Å². The molecule has 6 atom stereocenters. The smallest absolute Gasteiger partial charge is 0.425 e. The third-order valence-corrected chi connectivity index (χ3v) is 13.8. The van der Waals surface area contributed by atoms with Crippen molar-refractivity contribution in [3.05, 3.63) is 0 Å². The van der Waals surface area contributed by atoms with Gasteiger partial charge < -0.3 is 23.7 Å². The van der Waals surface area contributed by atoms with Crippen molar-refractivity contribution in [2.24, 2.45) is 51.8 Å². The highest BCUT2D eigenvalue weighted by Gasteiger charge is 2.54. The standard InChI is InChI=1S/C18H26O6.C16H26O2.C9H15F3O2/c1-4-18(2,3)17(21)22-9-14(19)24-15-11-5-10-6-12(8-11)16(20)23-13(15)7-10;1-4-15(2,3)14(17)18-16-8-11-5-12(9-16)7-13(6-11)10-16;1-5-8(3,4)7(13)14-6(2)9(10,11)12/h10-13,15H,4-9H2,1-3H3;11-13H,4-10H2,1-3H3;6H,5H2,1-4H3. The van der Waals surface area contributed by atoms with Crippen LogP contribution >= 0.6 is 0 Å². The molecule has 6 unspecified atom stereocenters. The Bertz CT molecular complexity index is 1400. The van der Waals surface area contributed by atoms with Gasteiger partial charge in [-0.1, -0.05) is 20.8 Å². The van der Waals surface area contributed by atoms with Crippen LogP contribution in [0.1, 0.15) is 153 Å². The van der Waals surface area contributed by atoms with Crippen molar-refractivity contribution in [3.8, 4) is 0 Å². The predicted octanol–water partition coefficient (Wildman–Crippen LogP) is 9.09. The Kier molecular flexibility index (Phi) is 14.4. The van der Waals surface area contributed by atoms with Gasteiger partial charge in [-0.25, -0.2) is 4.79 Å². The fraction of sp³-hybridized carbons (Fsp3) is 0.884. The van der Waals surface area contributed by atoms with Crippen LogP contribution in [0.25, 0.3) is 0 Å². The Hall–Kier alpha value is -2.86. The van der Waals surface area contributed by atoms with E-state index in [1.165, 1.54) is 19.3 Å². The molecule has 2 saturated heterocycles. The normalized spacial score (nSPS) is 32.1. The molecular weight excluding hydrogens is 733 g/mol. The highest BCUT2D eigenvalue weighted by molar-refractivity contribution is 5.80. The molecule has 0 N–H and O–H groups in total. The van der Waals surface area contributed by atoms with E-state index in [-0.39, 0.29) is 47.5 Å². The van der Waals surface area contributed by atoms with Gasteiger partial charge in [-0.3, -0.25) is 19.2 Å². The fourth-order valence-corrected chi connectivity index (χ4v) is 9.25. The Balaban J connectivity index is 0.000000195. The summed E-state index contributed by atoms with van der Waals surface area (Å²) in [6.07, 6.45) is 5.64. The summed E-state index contributed by atoms with van der Waals surface area (Å²) in [6, 6.07) is 0. The van der Waals surface area contributed by atoms with Gasteiger partial charge in [0.05, 0.1) is 22.2 Å². The van der Waals surface area contributed by atoms with E-state index in [0.717, 1.165) is 76.0 Å². The zero-order valence-electron chi connectivity index (χ0n) is 35.3. The second-order valence-electron chi connectivity index (χ2n) is 19.6. The maximum Gasteiger partial charge on any atom is 0.425 e. The van der Waals surface area contributed by atoms with E-state index in [0.29, 0.717) is 18.8 Å². The lowest BCUT2D eigenvalue weighted by Gasteiger charge is -2.56. The summed E-state index contributed by atoms with van der Waals surface area (Å²) in [6.45, 7) is 16.8. The molecule has 2 heterocycles. The number of halogens is 3. The number of hydrogen-bond donors (Lipinski definition) is 0. The molecule has 0 radical (unpaired) electrons. The lowest BCUT2D eigenvalue weighted by Crippen LogP contribution is -2.53. The molecule has 2 aliphatic heterocycles. The van der Waals surface area contributed by atoms with Crippen molar-refractivity contribution in [1.29, 1.82) is 0 Å². The summed E-state index contributed by atoms with van der Waals surface area (Å²) in [5, 5.41) is 0. The second kappa shape index (κ2) is 17.6. The topological polar surface area (TPSA) is 132 Å². The van der Waals surface area contributed by atoms with Crippen LogP contribution < -0.4 is 0 Å². The molecule has 0 amide bonds. The molecule has 56 heavy (non-hydrogen) atoms. The molecule has 0 aromatic carbocycles. The Morgan fingerprint density at radius 3 is 1.71 bits per heavy atom. The molecule has 8 bridgehead atoms. The lowest BCUT2D eigenvalue weighted by molar-refractivity contribution is -0.221. The number of hydrogen-bond acceptors (Lipinski definition) is 10. The molecule has 8 fully saturated rings. The van der Waals surface area contributed by atoms with Gasteiger partial charge >= 0.3 is 36.0 Å². The predicted molar refractivity (Wildman–Crippen MR) is 200 cm³/mol. The second-order valence-corrected chi connectivity index (χ2v) is 19.6. The molecule has 320 valence electrons. The van der Waals surface area contributed by atoms with E-state index >= 15 is 0 Å². The van der Waals surface area contributed by atoms with Gasteiger partial charge in [0.15, 0.2) is 12.7 Å². The first-order valence-corrected chi connectivity index (χ1v) is 20.9. The van der Waals surface area contributed by atoms with Crippen molar-refractivity contribution in [2.45, 2.75) is 183 Å². The molecule has 6 saturated carbocycles. The lowest BCUT2D eigenvalue weighted by atomic mass is 9.54. The summed E-state index contributed by atoms with van der Waals surface area (Å²) in [5.41, 5.74) is -1.86. The van der Waals surface area contributed by atoms with E-state index < -0.39 is 47.1 Å². The van der Waals surface area contributed by atoms with Crippen molar-refractivity contribution in [2.75, 3.05) is 6.61 Å². The van der Waals surface area contributed by atoms with Crippen molar-refractivity contribution in [3.63, 3.8) is 0 Å². The summed E-state index contributed by atoms with van der Waals surface area (Å²) in [4.78, 5) is 59.7. The molecular formula is C43H67F3O10. The van der Waals surface area contributed by atoms with Crippen molar-refractivity contribution >= 4 is 29.8 Å². The maximum atomic E-state index is 12.4. The Morgan fingerprint density at radius 2 is 1.21 bits per heavy atom. The molecule has 13 heteroatoms. The van der Waals surface area contributed by atoms with Gasteiger partial charge in [0, 0.05) is 5.92 Å². The zero-order valence-corrected chi connectivity index (χ0v) is 35.3. The van der Waals surface area contributed by atoms with Crippen LogP contribution in [-0.4, -0.2) is 66.5 Å². The van der Waals surface area contributed by atoms with Crippen LogP contribution in [-0.2, 0) is 47.7 Å². The number of carbonyl (C=O) groups excluding carboxylic acids is 5. The van der Waals surface area contributed by atoms with E-state index in [1.54, 1.807) is 34.6 Å². The molecule has 0 aromatic rings. The van der Waals surface area contributed by atoms with Gasteiger partial charge in [-0.05, 0) is 156 Å². The molecule has 8 rings (SSSR count). The van der Waals surface area contributed by atoms with Gasteiger partial charge in [0.1, 0.15) is 17.8 Å². The largest absolute Gasteiger partial charge is 0.459 e. The fourth-order valence-electron chi connectivity index (χ4n) is 9.25. The minimum absolute atomic E-state index is 0.0342. The van der Waals surface area contributed by atoms with Crippen LogP contribution in [0.2, 0.25) is 0 Å². The van der Waals surface area contributed by atoms with Crippen LogP contribution in [0.3, 0.4) is 0 Å². The highest BCUT2D eigenvalue weighted by atomic mass is 19.4. The zero-order chi connectivity index (χ0) is 42.0. The number of carbonyl (C=O) groups is 5. The average Bonchev–Trinajstić information content (AvgIpc) is 3.27. The monoisotopic (exact) mass is 800 g/mol. The minimum Gasteiger partial charge on any atom is -0.459 e. The third kappa shape index (κ3) is 11.2. The average molecular weight is 801 g/mol. The number of alkyl halides is 3. The van der Waals surface area contributed by atoms with Crippen LogP contribution in [0.15, 0.2) is 0 Å². The first kappa shape index (κ1) is 45.8. The quantitative estimate of drug-likeness (QED) is 0.147. The molecule has 6 aliphatic carbocycles. The number of ether oxygens (including phenoxy) is 5. The first-order valence-electron chi connectivity index (χ1n) is 20.9. The summed E-state index contributed by atoms with van der Waals surface area (Å²) in [7, 11) is 0. The summed E-state index contributed by atoms with van der Waals surface area (Å²) in [5.74, 6) is 1.23. The molecule has 0 spiro atoms. The van der Waals surface area contributed by atoms with Gasteiger partial charge in [-0.2, -0.15) is 13.2 Å². The maximum absolute atomic E-state index is 12.4. The molecule has 0 aromatic heterocycles. The summed E-state index contributed by atoms with van der Waals surface area (Å²) >= 11 is 0. The first-order chi connectivity index (χ1) is 25.8. The van der Waals surface area contributed by atoms with E-state index in [1.807, 2.05) is 20.8 Å². The van der Waals surface area contributed by atoms with Gasteiger partial charge in [0.25, 0.3) is 0 Å². The Labute approximate surface area is 331 Å². The van der Waals surface area contributed by atoms with Crippen molar-refractivity contribution in [1.82, 2.24) is 0 Å². The van der Waals surface area contributed by atoms with Gasteiger partial charge in [-0.15, -0.1) is 0 Å². The summed E-state index contributed by atoms with van der Waals surface area (Å²) < 4.78 is 62.6. The van der Waals surface area contributed by atoms with E-state index in [2.05, 4.69) is 11.7 Å². The van der Waals surface area contributed by atoms with Crippen LogP contribution in [0.4, 0.5) is 13.2 Å². The van der Waals surface area contributed by atoms with Gasteiger partial charge in [0.2, 0.25) is 0 Å². The van der Waals surface area contributed by atoms with Crippen molar-refractivity contribution < 1.29 is 60.8 Å². The number of fused-ring (bicyclic) bond motifs is 1. The highest BCUT2D eigenvalue weighted by Crippen LogP contribution is 2.57. The van der Waals surface area contributed by atoms with Crippen LogP contribution in [0.5, 0.6) is 0 Å². The van der Waals surface area contributed by atoms with E-state index in [4.69, 9.17) is 18.9 Å². The SMILES string of the molecule is CCC(C)(C)C(=O)OC(C)C(F)(F)F.CCC(C)(C)C(=O)OC12CC3CC(CC(C3)C1)C2.CCC(C)(C)C(=O)OCC(=O)OC1C2CC3CC(C2)C(=O)OC1C3. The minimum atomic E-state index is -4.49. The Morgan fingerprint density at radius 1 is 0.714 bits per heavy atom. The number of rotatable bonds is 11. The van der Waals surface area contributed by atoms with Crippen LogP contribution in [0, 0.1) is 51.8 Å². The number of esters is 5.